The van der Waals surface area contributed by atoms with E-state index in [-0.39, 0.29) is 0 Å². The van der Waals surface area contributed by atoms with E-state index in [2.05, 4.69) is 26.6 Å². The minimum absolute atomic E-state index is 0.343. The van der Waals surface area contributed by atoms with Gasteiger partial charge in [-0.3, -0.25) is 9.89 Å². The molecular weight excluding hydrogens is 340 g/mol. The molecule has 2 fully saturated rings. The quantitative estimate of drug-likeness (QED) is 0.590. The fourth-order valence-electron chi connectivity index (χ4n) is 4.46. The summed E-state index contributed by atoms with van der Waals surface area (Å²) in [6.07, 6.45) is 6.65. The van der Waals surface area contributed by atoms with Crippen molar-refractivity contribution >= 4 is 5.96 Å². The summed E-state index contributed by atoms with van der Waals surface area (Å²) in [6, 6.07) is 2.09. The molecule has 6 heteroatoms. The van der Waals surface area contributed by atoms with Crippen molar-refractivity contribution in [1.82, 2.24) is 15.5 Å². The number of ether oxygens (including phenoxy) is 1. The van der Waals surface area contributed by atoms with Crippen molar-refractivity contribution in [2.24, 2.45) is 10.4 Å². The third kappa shape index (κ3) is 5.72. The summed E-state index contributed by atoms with van der Waals surface area (Å²) in [5, 5.41) is 7.06. The third-order valence-corrected chi connectivity index (χ3v) is 6.02. The van der Waals surface area contributed by atoms with E-state index < -0.39 is 0 Å². The molecule has 1 saturated heterocycles. The monoisotopic (exact) mass is 376 g/mol. The Morgan fingerprint density at radius 1 is 1.15 bits per heavy atom. The lowest BCUT2D eigenvalue weighted by Gasteiger charge is -2.42. The molecule has 1 aromatic rings. The average Bonchev–Trinajstić information content (AvgIpc) is 3.00. The number of guanidine groups is 1. The molecular formula is C21H36N4O2. The number of aliphatic imine (C=N–C) groups is 1. The van der Waals surface area contributed by atoms with Crippen molar-refractivity contribution in [2.45, 2.75) is 52.5 Å². The Morgan fingerprint density at radius 3 is 2.52 bits per heavy atom. The van der Waals surface area contributed by atoms with Gasteiger partial charge in [0.2, 0.25) is 0 Å². The first-order valence-electron chi connectivity index (χ1n) is 10.4. The van der Waals surface area contributed by atoms with Crippen molar-refractivity contribution in [3.8, 4) is 0 Å². The summed E-state index contributed by atoms with van der Waals surface area (Å²) in [4.78, 5) is 7.02. The van der Waals surface area contributed by atoms with Crippen LogP contribution in [0.1, 0.15) is 49.2 Å². The maximum Gasteiger partial charge on any atom is 0.191 e. The highest BCUT2D eigenvalue weighted by molar-refractivity contribution is 5.79. The zero-order valence-corrected chi connectivity index (χ0v) is 17.3. The van der Waals surface area contributed by atoms with Gasteiger partial charge in [-0.1, -0.05) is 19.3 Å². The summed E-state index contributed by atoms with van der Waals surface area (Å²) >= 11 is 0. The van der Waals surface area contributed by atoms with Crippen molar-refractivity contribution < 1.29 is 9.15 Å². The average molecular weight is 377 g/mol. The van der Waals surface area contributed by atoms with E-state index in [9.17, 15) is 0 Å². The van der Waals surface area contributed by atoms with Gasteiger partial charge in [-0.15, -0.1) is 0 Å². The first-order chi connectivity index (χ1) is 13.1. The lowest BCUT2D eigenvalue weighted by Crippen LogP contribution is -2.51. The van der Waals surface area contributed by atoms with E-state index in [1.807, 2.05) is 20.9 Å². The second-order valence-corrected chi connectivity index (χ2v) is 8.17. The van der Waals surface area contributed by atoms with Crippen LogP contribution in [-0.4, -0.2) is 57.3 Å². The van der Waals surface area contributed by atoms with Crippen molar-refractivity contribution in [1.29, 1.82) is 0 Å². The molecule has 0 amide bonds. The number of morpholine rings is 1. The fraction of sp³-hybridized carbons (Fsp3) is 0.762. The number of rotatable bonds is 6. The van der Waals surface area contributed by atoms with Crippen molar-refractivity contribution in [2.75, 3.05) is 46.4 Å². The first kappa shape index (κ1) is 20.2. The Hall–Kier alpha value is -1.53. The van der Waals surface area contributed by atoms with E-state index in [4.69, 9.17) is 9.15 Å². The van der Waals surface area contributed by atoms with E-state index in [0.29, 0.717) is 5.41 Å². The number of nitrogens with one attached hydrogen (secondary N) is 2. The minimum atomic E-state index is 0.343. The van der Waals surface area contributed by atoms with Crippen LogP contribution >= 0.6 is 0 Å². The van der Waals surface area contributed by atoms with Crippen molar-refractivity contribution in [3.63, 3.8) is 0 Å². The van der Waals surface area contributed by atoms with Crippen LogP contribution in [0.15, 0.2) is 15.5 Å². The second-order valence-electron chi connectivity index (χ2n) is 8.17. The van der Waals surface area contributed by atoms with Gasteiger partial charge < -0.3 is 19.8 Å². The molecule has 2 N–H and O–H groups in total. The van der Waals surface area contributed by atoms with Gasteiger partial charge in [0.25, 0.3) is 0 Å². The summed E-state index contributed by atoms with van der Waals surface area (Å²) in [5.74, 6) is 2.81. The molecule has 1 aromatic heterocycles. The fourth-order valence-corrected chi connectivity index (χ4v) is 4.46. The number of furan rings is 1. The van der Waals surface area contributed by atoms with E-state index in [1.54, 1.807) is 0 Å². The van der Waals surface area contributed by atoms with Gasteiger partial charge in [-0.2, -0.15) is 0 Å². The Labute approximate surface area is 163 Å². The molecule has 0 atom stereocenters. The van der Waals surface area contributed by atoms with E-state index in [0.717, 1.165) is 56.9 Å². The molecule has 1 aliphatic carbocycles. The molecule has 0 bridgehead atoms. The number of aryl methyl sites for hydroxylation is 2. The largest absolute Gasteiger partial charge is 0.466 e. The molecule has 27 heavy (non-hydrogen) atoms. The van der Waals surface area contributed by atoms with E-state index >= 15 is 0 Å². The third-order valence-electron chi connectivity index (χ3n) is 6.02. The first-order valence-corrected chi connectivity index (χ1v) is 10.4. The Kier molecular flexibility index (Phi) is 7.19. The number of nitrogens with zero attached hydrogens (tertiary/aromatic N) is 2. The van der Waals surface area contributed by atoms with Gasteiger partial charge >= 0.3 is 0 Å². The molecule has 0 aromatic carbocycles. The number of hydrogen-bond acceptors (Lipinski definition) is 4. The van der Waals surface area contributed by atoms with Gasteiger partial charge in [-0.05, 0) is 32.8 Å². The molecule has 6 nitrogen and oxygen atoms in total. The van der Waals surface area contributed by atoms with Crippen LogP contribution in [0.4, 0.5) is 0 Å². The summed E-state index contributed by atoms with van der Waals surface area (Å²) in [5.41, 5.74) is 1.53. The molecule has 2 heterocycles. The molecule has 1 aliphatic heterocycles. The van der Waals surface area contributed by atoms with Crippen LogP contribution in [0, 0.1) is 19.3 Å². The molecule has 0 unspecified atom stereocenters. The SMILES string of the molecule is CN=C(NCc1cc(C)oc1C)NCC1(CN2CCOCC2)CCCCC1. The summed E-state index contributed by atoms with van der Waals surface area (Å²) in [7, 11) is 1.85. The smallest absolute Gasteiger partial charge is 0.191 e. The Balaban J connectivity index is 1.55. The minimum Gasteiger partial charge on any atom is -0.466 e. The molecule has 0 radical (unpaired) electrons. The molecule has 0 spiro atoms. The maximum absolute atomic E-state index is 5.62. The van der Waals surface area contributed by atoms with Gasteiger partial charge in [-0.25, -0.2) is 0 Å². The summed E-state index contributed by atoms with van der Waals surface area (Å²) in [6.45, 7) is 10.8. The topological polar surface area (TPSA) is 62.0 Å². The van der Waals surface area contributed by atoms with Gasteiger partial charge in [0.1, 0.15) is 11.5 Å². The zero-order valence-electron chi connectivity index (χ0n) is 17.3. The van der Waals surface area contributed by atoms with Crippen LogP contribution in [-0.2, 0) is 11.3 Å². The normalized spacial score (nSPS) is 21.2. The zero-order chi connectivity index (χ0) is 19.1. The van der Waals surface area contributed by atoms with Crippen LogP contribution < -0.4 is 10.6 Å². The lowest BCUT2D eigenvalue weighted by atomic mass is 9.73. The molecule has 152 valence electrons. The van der Waals surface area contributed by atoms with Crippen LogP contribution in [0.2, 0.25) is 0 Å². The lowest BCUT2D eigenvalue weighted by molar-refractivity contribution is 0.00820. The number of hydrogen-bond donors (Lipinski definition) is 2. The predicted octanol–water partition coefficient (Wildman–Crippen LogP) is 2.84. The highest BCUT2D eigenvalue weighted by atomic mass is 16.5. The second kappa shape index (κ2) is 9.60. The van der Waals surface area contributed by atoms with Crippen molar-refractivity contribution in [3.05, 3.63) is 23.2 Å². The van der Waals surface area contributed by atoms with Gasteiger partial charge in [0.05, 0.1) is 13.2 Å². The van der Waals surface area contributed by atoms with Crippen LogP contribution in [0.5, 0.6) is 0 Å². The van der Waals surface area contributed by atoms with Crippen LogP contribution in [0.3, 0.4) is 0 Å². The Morgan fingerprint density at radius 2 is 1.89 bits per heavy atom. The van der Waals surface area contributed by atoms with Crippen LogP contribution in [0.25, 0.3) is 0 Å². The molecule has 1 saturated carbocycles. The van der Waals surface area contributed by atoms with Gasteiger partial charge in [0, 0.05) is 50.7 Å². The Bertz CT molecular complexity index is 614. The summed E-state index contributed by atoms with van der Waals surface area (Å²) < 4.78 is 11.1. The van der Waals surface area contributed by atoms with E-state index in [1.165, 1.54) is 44.2 Å². The van der Waals surface area contributed by atoms with Gasteiger partial charge in [0.15, 0.2) is 5.96 Å². The maximum atomic E-state index is 5.62. The highest BCUT2D eigenvalue weighted by Crippen LogP contribution is 2.36. The standard InChI is InChI=1S/C21H36N4O2/c1-17-13-19(18(2)27-17)14-23-20(22-3)24-15-21(7-5-4-6-8-21)16-25-9-11-26-12-10-25/h13H,4-12,14-16H2,1-3H3,(H2,22,23,24). The highest BCUT2D eigenvalue weighted by Gasteiger charge is 2.34. The molecule has 2 aliphatic rings. The predicted molar refractivity (Wildman–Crippen MR) is 109 cm³/mol. The molecule has 3 rings (SSSR count).